The van der Waals surface area contributed by atoms with Crippen molar-refractivity contribution in [3.05, 3.63) is 24.0 Å². The third kappa shape index (κ3) is 4.83. The molecule has 1 amide bonds. The van der Waals surface area contributed by atoms with Crippen LogP contribution in [0.3, 0.4) is 0 Å². The molecule has 1 unspecified atom stereocenters. The molecule has 1 rings (SSSR count). The molecule has 1 heterocycles. The molecule has 0 aromatic carbocycles. The summed E-state index contributed by atoms with van der Waals surface area (Å²) in [7, 11) is 0. The number of amides is 1. The Morgan fingerprint density at radius 3 is 2.50 bits per heavy atom. The van der Waals surface area contributed by atoms with E-state index < -0.39 is 0 Å². The van der Waals surface area contributed by atoms with Crippen molar-refractivity contribution in [2.24, 2.45) is 0 Å². The Hall–Kier alpha value is -1.58. The van der Waals surface area contributed by atoms with Crippen molar-refractivity contribution in [2.45, 2.75) is 53.0 Å². The van der Waals surface area contributed by atoms with E-state index in [1.54, 1.807) is 6.20 Å². The number of aromatic nitrogens is 1. The van der Waals surface area contributed by atoms with Crippen molar-refractivity contribution in [2.75, 3.05) is 18.4 Å². The van der Waals surface area contributed by atoms with E-state index in [4.69, 9.17) is 0 Å². The van der Waals surface area contributed by atoms with Crippen molar-refractivity contribution in [3.63, 3.8) is 0 Å². The second-order valence-corrected chi connectivity index (χ2v) is 5.18. The Morgan fingerprint density at radius 2 is 1.95 bits per heavy atom. The van der Waals surface area contributed by atoms with Crippen LogP contribution >= 0.6 is 0 Å². The van der Waals surface area contributed by atoms with E-state index in [9.17, 15) is 4.79 Å². The molecular formula is C16H27N3O. The maximum Gasteiger partial charge on any atom is 0.272 e. The molecule has 1 aromatic heterocycles. The van der Waals surface area contributed by atoms with E-state index in [1.165, 1.54) is 0 Å². The van der Waals surface area contributed by atoms with Crippen LogP contribution in [0.1, 0.15) is 57.4 Å². The second kappa shape index (κ2) is 8.56. The summed E-state index contributed by atoms with van der Waals surface area (Å²) < 4.78 is 0. The Labute approximate surface area is 122 Å². The highest BCUT2D eigenvalue weighted by Gasteiger charge is 2.16. The third-order valence-corrected chi connectivity index (χ3v) is 3.28. The van der Waals surface area contributed by atoms with Crippen molar-refractivity contribution in [1.29, 1.82) is 0 Å². The number of anilines is 1. The quantitative estimate of drug-likeness (QED) is 0.790. The molecule has 0 aliphatic rings. The van der Waals surface area contributed by atoms with Crippen molar-refractivity contribution < 1.29 is 4.79 Å². The molecular weight excluding hydrogens is 250 g/mol. The van der Waals surface area contributed by atoms with Crippen LogP contribution in [-0.4, -0.2) is 34.9 Å². The van der Waals surface area contributed by atoms with Crippen LogP contribution in [0.2, 0.25) is 0 Å². The minimum atomic E-state index is 0.0292. The molecule has 112 valence electrons. The number of hydrogen-bond acceptors (Lipinski definition) is 3. The predicted molar refractivity (Wildman–Crippen MR) is 84.1 cm³/mol. The van der Waals surface area contributed by atoms with Crippen LogP contribution < -0.4 is 5.32 Å². The summed E-state index contributed by atoms with van der Waals surface area (Å²) in [6, 6.07) is 4.16. The number of pyridine rings is 1. The first kappa shape index (κ1) is 16.5. The van der Waals surface area contributed by atoms with E-state index in [-0.39, 0.29) is 5.91 Å². The SMILES string of the molecule is CCCN(CCC)C(=O)c1cc(NC(C)CC)ccn1. The average Bonchev–Trinajstić information content (AvgIpc) is 2.46. The fourth-order valence-electron chi connectivity index (χ4n) is 2.04. The molecule has 0 aliphatic heterocycles. The first-order valence-corrected chi connectivity index (χ1v) is 7.64. The Morgan fingerprint density at radius 1 is 1.30 bits per heavy atom. The molecule has 4 nitrogen and oxygen atoms in total. The highest BCUT2D eigenvalue weighted by Crippen LogP contribution is 2.13. The third-order valence-electron chi connectivity index (χ3n) is 3.28. The number of carbonyl (C=O) groups excluding carboxylic acids is 1. The molecule has 0 saturated carbocycles. The lowest BCUT2D eigenvalue weighted by molar-refractivity contribution is 0.0749. The maximum absolute atomic E-state index is 12.5. The molecule has 4 heteroatoms. The minimum absolute atomic E-state index is 0.0292. The summed E-state index contributed by atoms with van der Waals surface area (Å²) in [5.74, 6) is 0.0292. The zero-order valence-corrected chi connectivity index (χ0v) is 13.1. The van der Waals surface area contributed by atoms with Gasteiger partial charge in [-0.15, -0.1) is 0 Å². The van der Waals surface area contributed by atoms with E-state index in [0.717, 1.165) is 38.0 Å². The Bertz CT molecular complexity index is 414. The van der Waals surface area contributed by atoms with Gasteiger partial charge in [-0.3, -0.25) is 9.78 Å². The van der Waals surface area contributed by atoms with Crippen molar-refractivity contribution in [1.82, 2.24) is 9.88 Å². The van der Waals surface area contributed by atoms with Crippen LogP contribution in [0, 0.1) is 0 Å². The zero-order chi connectivity index (χ0) is 15.0. The van der Waals surface area contributed by atoms with Gasteiger partial charge in [-0.1, -0.05) is 20.8 Å². The summed E-state index contributed by atoms with van der Waals surface area (Å²) in [5, 5.41) is 3.38. The van der Waals surface area contributed by atoms with Gasteiger partial charge >= 0.3 is 0 Å². The minimum Gasteiger partial charge on any atom is -0.382 e. The maximum atomic E-state index is 12.5. The fourth-order valence-corrected chi connectivity index (χ4v) is 2.04. The van der Waals surface area contributed by atoms with E-state index in [0.29, 0.717) is 11.7 Å². The van der Waals surface area contributed by atoms with Crippen LogP contribution in [0.4, 0.5) is 5.69 Å². The molecule has 1 N–H and O–H groups in total. The number of carbonyl (C=O) groups is 1. The summed E-state index contributed by atoms with van der Waals surface area (Å²) in [4.78, 5) is 18.6. The van der Waals surface area contributed by atoms with Crippen molar-refractivity contribution in [3.8, 4) is 0 Å². The Balaban J connectivity index is 2.83. The largest absolute Gasteiger partial charge is 0.382 e. The molecule has 0 saturated heterocycles. The fraction of sp³-hybridized carbons (Fsp3) is 0.625. The van der Waals surface area contributed by atoms with Crippen molar-refractivity contribution >= 4 is 11.6 Å². The smallest absolute Gasteiger partial charge is 0.272 e. The standard InChI is InChI=1S/C16H27N3O/c1-5-10-19(11-6-2)16(20)15-12-14(8-9-17-15)18-13(4)7-3/h8-9,12-13H,5-7,10-11H2,1-4H3,(H,17,18). The van der Waals surface area contributed by atoms with Crippen LogP contribution in [0.5, 0.6) is 0 Å². The Kier molecular flexibility index (Phi) is 7.05. The molecule has 0 fully saturated rings. The van der Waals surface area contributed by atoms with Gasteiger partial charge in [0.05, 0.1) is 0 Å². The topological polar surface area (TPSA) is 45.2 Å². The van der Waals surface area contributed by atoms with Gasteiger partial charge in [-0.25, -0.2) is 0 Å². The van der Waals surface area contributed by atoms with Gasteiger partial charge in [0, 0.05) is 31.0 Å². The number of nitrogens with zero attached hydrogens (tertiary/aromatic N) is 2. The van der Waals surface area contributed by atoms with Gasteiger partial charge in [0.2, 0.25) is 0 Å². The molecule has 20 heavy (non-hydrogen) atoms. The predicted octanol–water partition coefficient (Wildman–Crippen LogP) is 3.55. The van der Waals surface area contributed by atoms with Crippen LogP contribution in [0.15, 0.2) is 18.3 Å². The summed E-state index contributed by atoms with van der Waals surface area (Å²) in [6.45, 7) is 10.0. The lowest BCUT2D eigenvalue weighted by atomic mass is 10.2. The number of nitrogens with one attached hydrogen (secondary N) is 1. The highest BCUT2D eigenvalue weighted by molar-refractivity contribution is 5.93. The summed E-state index contributed by atoms with van der Waals surface area (Å²) in [6.07, 6.45) is 4.69. The number of rotatable bonds is 8. The van der Waals surface area contributed by atoms with Gasteiger partial charge in [0.15, 0.2) is 0 Å². The first-order valence-electron chi connectivity index (χ1n) is 7.64. The van der Waals surface area contributed by atoms with Crippen LogP contribution in [-0.2, 0) is 0 Å². The van der Waals surface area contributed by atoms with Gasteiger partial charge in [-0.05, 0) is 38.3 Å². The molecule has 0 radical (unpaired) electrons. The number of hydrogen-bond donors (Lipinski definition) is 1. The van der Waals surface area contributed by atoms with Crippen LogP contribution in [0.25, 0.3) is 0 Å². The lowest BCUT2D eigenvalue weighted by Gasteiger charge is -2.21. The summed E-state index contributed by atoms with van der Waals surface area (Å²) >= 11 is 0. The molecule has 1 aromatic rings. The molecule has 0 bridgehead atoms. The van der Waals surface area contributed by atoms with Gasteiger partial charge in [0.25, 0.3) is 5.91 Å². The van der Waals surface area contributed by atoms with E-state index in [1.807, 2.05) is 17.0 Å². The van der Waals surface area contributed by atoms with E-state index in [2.05, 4.69) is 38.0 Å². The zero-order valence-electron chi connectivity index (χ0n) is 13.1. The first-order chi connectivity index (χ1) is 9.62. The molecule has 0 aliphatic carbocycles. The summed E-state index contributed by atoms with van der Waals surface area (Å²) in [5.41, 5.74) is 1.49. The molecule has 1 atom stereocenters. The lowest BCUT2D eigenvalue weighted by Crippen LogP contribution is -2.33. The van der Waals surface area contributed by atoms with E-state index >= 15 is 0 Å². The molecule has 0 spiro atoms. The van der Waals surface area contributed by atoms with Gasteiger partial charge in [-0.2, -0.15) is 0 Å². The average molecular weight is 277 g/mol. The highest BCUT2D eigenvalue weighted by atomic mass is 16.2. The second-order valence-electron chi connectivity index (χ2n) is 5.18. The van der Waals surface area contributed by atoms with Gasteiger partial charge < -0.3 is 10.2 Å². The van der Waals surface area contributed by atoms with Gasteiger partial charge in [0.1, 0.15) is 5.69 Å². The normalized spacial score (nSPS) is 12.0. The monoisotopic (exact) mass is 277 g/mol.